The maximum absolute atomic E-state index is 13.2. The van der Waals surface area contributed by atoms with Crippen molar-refractivity contribution in [3.63, 3.8) is 0 Å². The lowest BCUT2D eigenvalue weighted by Crippen LogP contribution is -2.33. The molecule has 0 fully saturated rings. The third-order valence-corrected chi connectivity index (χ3v) is 11.8. The minimum absolute atomic E-state index is 0.0772. The Morgan fingerprint density at radius 2 is 1.26 bits per heavy atom. The molecular weight excluding hydrogens is 937 g/mol. The van der Waals surface area contributed by atoms with Gasteiger partial charge in [0.1, 0.15) is 57.3 Å². The molecule has 1 heterocycles. The van der Waals surface area contributed by atoms with Gasteiger partial charge in [0.05, 0.1) is 29.5 Å². The van der Waals surface area contributed by atoms with Crippen LogP contribution in [-0.4, -0.2) is 109 Å². The molecule has 0 saturated carbocycles. The molecule has 0 spiro atoms. The predicted molar refractivity (Wildman–Crippen MR) is 228 cm³/mol. The van der Waals surface area contributed by atoms with Crippen LogP contribution < -0.4 is 14.5 Å². The molecule has 1 aliphatic heterocycles. The van der Waals surface area contributed by atoms with E-state index < -0.39 is 93.3 Å². The van der Waals surface area contributed by atoms with E-state index in [4.69, 9.17) is 9.47 Å². The number of benzene rings is 5. The molecule has 1 aliphatic rings. The van der Waals surface area contributed by atoms with Crippen LogP contribution in [0.1, 0.15) is 11.1 Å². The van der Waals surface area contributed by atoms with E-state index in [0.717, 1.165) is 42.5 Å². The lowest BCUT2D eigenvalue weighted by Gasteiger charge is -2.13. The second-order valence-electron chi connectivity index (χ2n) is 13.7. The Hall–Kier alpha value is -7.18. The Balaban J connectivity index is 1.37. The van der Waals surface area contributed by atoms with E-state index in [2.05, 4.69) is 35.8 Å². The van der Waals surface area contributed by atoms with Gasteiger partial charge in [0.15, 0.2) is 11.5 Å². The molecule has 0 bridgehead atoms. The summed E-state index contributed by atoms with van der Waals surface area (Å²) < 4.78 is 113. The van der Waals surface area contributed by atoms with Crippen molar-refractivity contribution in [1.82, 2.24) is 0 Å². The van der Waals surface area contributed by atoms with Gasteiger partial charge in [0, 0.05) is 17.5 Å². The van der Waals surface area contributed by atoms with Crippen LogP contribution in [0.3, 0.4) is 0 Å². The van der Waals surface area contributed by atoms with Crippen LogP contribution in [0.4, 0.5) is 34.1 Å². The summed E-state index contributed by atoms with van der Waals surface area (Å²) in [6.07, 6.45) is 0. The van der Waals surface area contributed by atoms with Crippen LogP contribution in [0.15, 0.2) is 123 Å². The quantitative estimate of drug-likeness (QED) is 0.0452. The number of aromatic hydroxyl groups is 1. The number of aliphatic hydroxyl groups excluding tert-OH is 2. The number of rotatable bonds is 17. The van der Waals surface area contributed by atoms with E-state index in [1.807, 2.05) is 0 Å². The number of hydrazone groups is 1. The van der Waals surface area contributed by atoms with Crippen LogP contribution in [0.2, 0.25) is 0 Å². The maximum atomic E-state index is 13.2. The summed E-state index contributed by atoms with van der Waals surface area (Å²) in [7, 11) is -14.6. The van der Waals surface area contributed by atoms with Crippen LogP contribution in [-0.2, 0) is 39.9 Å². The number of ether oxygens (including phenoxy) is 2. The minimum Gasteiger partial charge on any atom is -0.505 e. The molecule has 25 nitrogen and oxygen atoms in total. The van der Waals surface area contributed by atoms with Gasteiger partial charge in [-0.3, -0.25) is 18.5 Å². The monoisotopic (exact) mass is 970 g/mol. The Bertz CT molecular complexity index is 3250. The van der Waals surface area contributed by atoms with Gasteiger partial charge in [-0.15, -0.1) is 20.5 Å². The number of fused-ring (bicyclic) bond motifs is 1. The number of carboxylic acid groups (broad SMARTS) is 1. The summed E-state index contributed by atoms with van der Waals surface area (Å²) >= 11 is 0. The lowest BCUT2D eigenvalue weighted by atomic mass is 10.1. The average molecular weight is 971 g/mol. The number of carbonyl (C=O) groups excluding carboxylic acids is 1. The molecule has 1 amide bonds. The van der Waals surface area contributed by atoms with Crippen LogP contribution in [0.25, 0.3) is 10.8 Å². The summed E-state index contributed by atoms with van der Waals surface area (Å²) in [6, 6.07) is 11.6. The highest BCUT2D eigenvalue weighted by Gasteiger charge is 2.41. The topological polar surface area (TPSA) is 386 Å². The number of nitrogens with zero attached hydrogens (tertiary/aromatic N) is 8. The number of azo groups is 3. The number of carbonyl (C=O) groups is 2. The van der Waals surface area contributed by atoms with Crippen molar-refractivity contribution in [3.8, 4) is 17.2 Å². The molecule has 0 aromatic heterocycles. The number of phenolic OH excluding ortho intramolecular Hbond substituents is 1. The summed E-state index contributed by atoms with van der Waals surface area (Å²) in [5.74, 6) is -3.87. The van der Waals surface area contributed by atoms with Crippen molar-refractivity contribution >= 4 is 92.8 Å². The van der Waals surface area contributed by atoms with Crippen LogP contribution in [0, 0.1) is 13.8 Å². The number of aliphatic carboxylic acids is 1. The molecule has 7 N–H and O–H groups in total. The maximum Gasteiger partial charge on any atom is 0.355 e. The highest BCUT2D eigenvalue weighted by molar-refractivity contribution is 7.86. The van der Waals surface area contributed by atoms with Gasteiger partial charge in [-0.25, -0.2) is 4.79 Å². The number of amides is 1. The molecular formula is C38H34N8O17S3. The minimum atomic E-state index is -5.21. The SMILES string of the molecule is Cc1cc(N=Nc2cc(OCCO)c(N=Nc3c(S(=O)(=O)O)cc4cc(N=NC5C(=O)N(c6ccc(S(=O)(=O)O)cc6)N=C5C(=O)O)ccc4c3O)cc2OCCO)c(S(=O)(=O)O)cc1C. The van der Waals surface area contributed by atoms with Gasteiger partial charge < -0.3 is 29.9 Å². The molecule has 5 aromatic carbocycles. The first-order valence-electron chi connectivity index (χ1n) is 18.5. The van der Waals surface area contributed by atoms with E-state index in [9.17, 15) is 68.9 Å². The van der Waals surface area contributed by atoms with Crippen molar-refractivity contribution in [2.75, 3.05) is 31.4 Å². The lowest BCUT2D eigenvalue weighted by molar-refractivity contribution is -0.130. The summed E-state index contributed by atoms with van der Waals surface area (Å²) in [6.45, 7) is 1.59. The fourth-order valence-corrected chi connectivity index (χ4v) is 7.81. The molecule has 0 radical (unpaired) electrons. The smallest absolute Gasteiger partial charge is 0.355 e. The number of hydrogen-bond acceptors (Lipinski definition) is 20. The van der Waals surface area contributed by atoms with Crippen molar-refractivity contribution in [2.45, 2.75) is 34.6 Å². The van der Waals surface area contributed by atoms with E-state index in [1.165, 1.54) is 30.3 Å². The fraction of sp³-hybridized carbons (Fsp3) is 0.184. The zero-order chi connectivity index (χ0) is 48.3. The van der Waals surface area contributed by atoms with Gasteiger partial charge >= 0.3 is 5.97 Å². The first kappa shape index (κ1) is 48.3. The molecule has 0 saturated heterocycles. The summed E-state index contributed by atoms with van der Waals surface area (Å²) in [4.78, 5) is 23.2. The van der Waals surface area contributed by atoms with Gasteiger partial charge in [0.25, 0.3) is 36.3 Å². The zero-order valence-corrected chi connectivity index (χ0v) is 36.3. The highest BCUT2D eigenvalue weighted by Crippen LogP contribution is 2.45. The van der Waals surface area contributed by atoms with Crippen LogP contribution >= 0.6 is 0 Å². The van der Waals surface area contributed by atoms with Gasteiger partial charge in [-0.05, 0) is 91.0 Å². The second-order valence-corrected chi connectivity index (χ2v) is 17.9. The van der Waals surface area contributed by atoms with Gasteiger partial charge in [-0.2, -0.15) is 45.6 Å². The van der Waals surface area contributed by atoms with Gasteiger partial charge in [0.2, 0.25) is 6.04 Å². The largest absolute Gasteiger partial charge is 0.505 e. The number of phenols is 1. The number of anilines is 1. The highest BCUT2D eigenvalue weighted by atomic mass is 32.2. The number of aliphatic hydroxyl groups is 2. The van der Waals surface area contributed by atoms with Gasteiger partial charge in [-0.1, -0.05) is 0 Å². The molecule has 6 rings (SSSR count). The third kappa shape index (κ3) is 10.7. The molecule has 28 heteroatoms. The standard InChI is InChI=1S/C38H34N8O17S3/c1-19-13-28(31(14-20(19)2)65(56,57)58)42-40-26-17-30(63-12-10-48)27(18-29(26)62-11-9-47)41-43-33-32(66(59,60)61)16-21-15-22(3-8-25(21)36(33)49)39-44-34-35(38(51)52)45-46(37(34)50)23-4-6-24(7-5-23)64(53,54)55/h3-8,13-18,34,47-49H,9-12H2,1-2H3,(H,51,52)(H,53,54,55)(H,56,57,58)(H,59,60,61). The first-order chi connectivity index (χ1) is 31.0. The average Bonchev–Trinajstić information content (AvgIpc) is 3.58. The third-order valence-electron chi connectivity index (χ3n) is 9.22. The Morgan fingerprint density at radius 3 is 1.80 bits per heavy atom. The number of aryl methyl sites for hydroxylation is 2. The number of carboxylic acids is 1. The number of hydrogen-bond donors (Lipinski definition) is 7. The molecule has 346 valence electrons. The van der Waals surface area contributed by atoms with Crippen molar-refractivity contribution < 1.29 is 78.4 Å². The Morgan fingerprint density at radius 1 is 0.697 bits per heavy atom. The second kappa shape index (κ2) is 19.1. The van der Waals surface area contributed by atoms with E-state index >= 15 is 0 Å². The van der Waals surface area contributed by atoms with E-state index in [1.54, 1.807) is 13.8 Å². The fourth-order valence-electron chi connectivity index (χ4n) is 5.98. The molecule has 66 heavy (non-hydrogen) atoms. The summed E-state index contributed by atoms with van der Waals surface area (Å²) in [5.41, 5.74) is -1.27. The molecule has 1 atom stereocenters. The van der Waals surface area contributed by atoms with Crippen molar-refractivity contribution in [1.29, 1.82) is 0 Å². The molecule has 5 aromatic rings. The normalized spacial score (nSPS) is 14.8. The van der Waals surface area contributed by atoms with Crippen molar-refractivity contribution in [2.24, 2.45) is 35.8 Å². The zero-order valence-electron chi connectivity index (χ0n) is 33.8. The van der Waals surface area contributed by atoms with E-state index in [-0.39, 0.29) is 63.9 Å². The summed E-state index contributed by atoms with van der Waals surface area (Å²) in [5, 5.41) is 68.0. The first-order valence-corrected chi connectivity index (χ1v) is 22.8. The van der Waals surface area contributed by atoms with Crippen LogP contribution in [0.5, 0.6) is 17.2 Å². The van der Waals surface area contributed by atoms with Crippen molar-refractivity contribution in [3.05, 3.63) is 83.9 Å². The van der Waals surface area contributed by atoms with E-state index in [0.29, 0.717) is 16.1 Å². The Labute approximate surface area is 373 Å². The molecule has 1 unspecified atom stereocenters. The predicted octanol–water partition coefficient (Wildman–Crippen LogP) is 5.42. The molecule has 0 aliphatic carbocycles. The Kier molecular flexibility index (Phi) is 14.0.